The molecule has 0 saturated carbocycles. The highest BCUT2D eigenvalue weighted by Gasteiger charge is 2.08. The lowest BCUT2D eigenvalue weighted by molar-refractivity contribution is 0.247. The van der Waals surface area contributed by atoms with Gasteiger partial charge in [-0.25, -0.2) is 4.79 Å². The van der Waals surface area contributed by atoms with Crippen LogP contribution >= 0.6 is 0 Å². The van der Waals surface area contributed by atoms with E-state index in [1.165, 1.54) is 0 Å². The Morgan fingerprint density at radius 2 is 1.72 bits per heavy atom. The highest BCUT2D eigenvalue weighted by molar-refractivity contribution is 5.89. The second-order valence-corrected chi connectivity index (χ2v) is 5.64. The van der Waals surface area contributed by atoms with Crippen molar-refractivity contribution in [3.05, 3.63) is 42.5 Å². The first-order valence-corrected chi connectivity index (χ1v) is 8.34. The van der Waals surface area contributed by atoms with Crippen molar-refractivity contribution in [2.75, 3.05) is 18.2 Å². The van der Waals surface area contributed by atoms with Gasteiger partial charge in [-0.3, -0.25) is 0 Å². The van der Waals surface area contributed by atoms with E-state index in [1.807, 2.05) is 13.8 Å². The molecule has 0 saturated heterocycles. The number of benzene rings is 2. The van der Waals surface area contributed by atoms with Crippen LogP contribution in [0, 0.1) is 0 Å². The summed E-state index contributed by atoms with van der Waals surface area (Å²) in [6, 6.07) is 12.4. The molecule has 25 heavy (non-hydrogen) atoms. The Morgan fingerprint density at radius 1 is 1.08 bits per heavy atom. The van der Waals surface area contributed by atoms with Crippen molar-refractivity contribution in [2.24, 2.45) is 0 Å². The third-order valence-electron chi connectivity index (χ3n) is 3.87. The molecule has 0 atom stereocenters. The van der Waals surface area contributed by atoms with E-state index in [4.69, 9.17) is 15.2 Å². The van der Waals surface area contributed by atoms with Crippen molar-refractivity contribution < 1.29 is 14.3 Å². The smallest absolute Gasteiger partial charge is 0.319 e. The van der Waals surface area contributed by atoms with E-state index >= 15 is 0 Å². The van der Waals surface area contributed by atoms with Crippen molar-refractivity contribution >= 4 is 17.4 Å². The van der Waals surface area contributed by atoms with Gasteiger partial charge in [-0.15, -0.1) is 0 Å². The summed E-state index contributed by atoms with van der Waals surface area (Å²) in [7, 11) is 1.56. The monoisotopic (exact) mass is 343 g/mol. The van der Waals surface area contributed by atoms with Crippen molar-refractivity contribution in [2.45, 2.75) is 32.7 Å². The number of carbonyl (C=O) groups is 1. The van der Waals surface area contributed by atoms with Gasteiger partial charge in [0.1, 0.15) is 17.2 Å². The summed E-state index contributed by atoms with van der Waals surface area (Å²) >= 11 is 0. The summed E-state index contributed by atoms with van der Waals surface area (Å²) < 4.78 is 10.9. The Morgan fingerprint density at radius 3 is 2.32 bits per heavy atom. The van der Waals surface area contributed by atoms with Crippen LogP contribution in [0.1, 0.15) is 26.7 Å². The van der Waals surface area contributed by atoms with Gasteiger partial charge < -0.3 is 25.8 Å². The van der Waals surface area contributed by atoms with Crippen LogP contribution < -0.4 is 25.8 Å². The molecule has 2 aromatic rings. The topological polar surface area (TPSA) is 85.6 Å². The zero-order valence-corrected chi connectivity index (χ0v) is 14.8. The lowest BCUT2D eigenvalue weighted by atomic mass is 10.2. The minimum absolute atomic E-state index is 0.183. The predicted octanol–water partition coefficient (Wildman–Crippen LogP) is 4.38. The molecule has 2 amide bonds. The first-order valence-electron chi connectivity index (χ1n) is 8.34. The molecule has 0 radical (unpaired) electrons. The largest absolute Gasteiger partial charge is 0.494 e. The third kappa shape index (κ3) is 5.31. The van der Waals surface area contributed by atoms with Crippen LogP contribution in [0.3, 0.4) is 0 Å². The van der Waals surface area contributed by atoms with Gasteiger partial charge in [0.25, 0.3) is 0 Å². The van der Waals surface area contributed by atoms with Crippen LogP contribution in [0.2, 0.25) is 0 Å². The lowest BCUT2D eigenvalue weighted by Crippen LogP contribution is -2.37. The average molecular weight is 343 g/mol. The van der Waals surface area contributed by atoms with E-state index in [0.29, 0.717) is 28.6 Å². The lowest BCUT2D eigenvalue weighted by Gasteiger charge is -2.15. The Labute approximate surface area is 148 Å². The zero-order valence-electron chi connectivity index (χ0n) is 14.8. The van der Waals surface area contributed by atoms with Crippen LogP contribution in [-0.2, 0) is 0 Å². The standard InChI is InChI=1S/C19H25N3O3/c1-4-13(5-2)21-19(23)22-14-6-8-15(9-7-14)25-16-10-11-17(20)18(12-16)24-3/h6-13H,4-5,20H2,1-3H3,(H2,21,22,23). The molecule has 134 valence electrons. The quantitative estimate of drug-likeness (QED) is 0.651. The molecule has 2 rings (SSSR count). The van der Waals surface area contributed by atoms with E-state index in [2.05, 4.69) is 10.6 Å². The fourth-order valence-corrected chi connectivity index (χ4v) is 2.34. The first kappa shape index (κ1) is 18.4. The number of rotatable bonds is 7. The predicted molar refractivity (Wildman–Crippen MR) is 100 cm³/mol. The number of urea groups is 1. The van der Waals surface area contributed by atoms with Crippen LogP contribution in [0.25, 0.3) is 0 Å². The first-order chi connectivity index (χ1) is 12.0. The second kappa shape index (κ2) is 8.82. The number of ether oxygens (including phenoxy) is 2. The molecule has 0 unspecified atom stereocenters. The maximum absolute atomic E-state index is 11.9. The number of hydrogen-bond donors (Lipinski definition) is 3. The van der Waals surface area contributed by atoms with E-state index < -0.39 is 0 Å². The SMILES string of the molecule is CCC(CC)NC(=O)Nc1ccc(Oc2ccc(N)c(OC)c2)cc1. The Bertz CT molecular complexity index is 698. The van der Waals surface area contributed by atoms with Crippen molar-refractivity contribution in [1.82, 2.24) is 5.32 Å². The molecule has 0 aromatic heterocycles. The van der Waals surface area contributed by atoms with Gasteiger partial charge in [0.2, 0.25) is 0 Å². The molecule has 2 aromatic carbocycles. The van der Waals surface area contributed by atoms with Gasteiger partial charge >= 0.3 is 6.03 Å². The second-order valence-electron chi connectivity index (χ2n) is 5.64. The van der Waals surface area contributed by atoms with Gasteiger partial charge in [-0.1, -0.05) is 13.8 Å². The van der Waals surface area contributed by atoms with Crippen LogP contribution in [-0.4, -0.2) is 19.2 Å². The Hall–Kier alpha value is -2.89. The molecular formula is C19H25N3O3. The van der Waals surface area contributed by atoms with Gasteiger partial charge in [0, 0.05) is 17.8 Å². The molecule has 4 N–H and O–H groups in total. The Kier molecular flexibility index (Phi) is 6.51. The van der Waals surface area contributed by atoms with Crippen LogP contribution in [0.15, 0.2) is 42.5 Å². The summed E-state index contributed by atoms with van der Waals surface area (Å²) in [4.78, 5) is 11.9. The van der Waals surface area contributed by atoms with E-state index in [9.17, 15) is 4.79 Å². The van der Waals surface area contributed by atoms with Crippen molar-refractivity contribution in [3.63, 3.8) is 0 Å². The number of nitrogen functional groups attached to an aromatic ring is 1. The van der Waals surface area contributed by atoms with Gasteiger partial charge in [0.15, 0.2) is 0 Å². The van der Waals surface area contributed by atoms with Gasteiger partial charge in [0.05, 0.1) is 12.8 Å². The maximum atomic E-state index is 11.9. The highest BCUT2D eigenvalue weighted by atomic mass is 16.5. The minimum Gasteiger partial charge on any atom is -0.494 e. The number of amides is 2. The summed E-state index contributed by atoms with van der Waals surface area (Å²) in [6.45, 7) is 4.10. The molecule has 0 spiro atoms. The molecular weight excluding hydrogens is 318 g/mol. The van der Waals surface area contributed by atoms with Gasteiger partial charge in [-0.2, -0.15) is 0 Å². The molecule has 0 fully saturated rings. The van der Waals surface area contributed by atoms with E-state index in [1.54, 1.807) is 49.6 Å². The van der Waals surface area contributed by atoms with Crippen LogP contribution in [0.5, 0.6) is 17.2 Å². The molecule has 6 nitrogen and oxygen atoms in total. The fraction of sp³-hybridized carbons (Fsp3) is 0.316. The maximum Gasteiger partial charge on any atom is 0.319 e. The number of carbonyl (C=O) groups excluding carboxylic acids is 1. The molecule has 0 aliphatic carbocycles. The average Bonchev–Trinajstić information content (AvgIpc) is 2.63. The molecule has 0 heterocycles. The van der Waals surface area contributed by atoms with Crippen molar-refractivity contribution in [1.29, 1.82) is 0 Å². The summed E-state index contributed by atoms with van der Waals surface area (Å²) in [6.07, 6.45) is 1.81. The Balaban J connectivity index is 1.96. The highest BCUT2D eigenvalue weighted by Crippen LogP contribution is 2.30. The fourth-order valence-electron chi connectivity index (χ4n) is 2.34. The number of nitrogens with one attached hydrogen (secondary N) is 2. The molecule has 0 bridgehead atoms. The van der Waals surface area contributed by atoms with Gasteiger partial charge in [-0.05, 0) is 49.2 Å². The van der Waals surface area contributed by atoms with E-state index in [-0.39, 0.29) is 12.1 Å². The molecule has 6 heteroatoms. The summed E-state index contributed by atoms with van der Waals surface area (Å²) in [5.74, 6) is 1.84. The van der Waals surface area contributed by atoms with E-state index in [0.717, 1.165) is 12.8 Å². The number of methoxy groups -OCH3 is 1. The summed E-state index contributed by atoms with van der Waals surface area (Å²) in [5.41, 5.74) is 7.04. The number of hydrogen-bond acceptors (Lipinski definition) is 4. The molecule has 0 aliphatic heterocycles. The zero-order chi connectivity index (χ0) is 18.2. The normalized spacial score (nSPS) is 10.4. The molecule has 0 aliphatic rings. The van der Waals surface area contributed by atoms with Crippen LogP contribution in [0.4, 0.5) is 16.2 Å². The summed E-state index contributed by atoms with van der Waals surface area (Å²) in [5, 5.41) is 5.75. The third-order valence-corrected chi connectivity index (χ3v) is 3.87. The minimum atomic E-state index is -0.203. The van der Waals surface area contributed by atoms with Crippen molar-refractivity contribution in [3.8, 4) is 17.2 Å². The number of nitrogens with two attached hydrogens (primary N) is 1. The number of anilines is 2.